The van der Waals surface area contributed by atoms with Gasteiger partial charge in [0.05, 0.1) is 22.5 Å². The van der Waals surface area contributed by atoms with Gasteiger partial charge in [-0.05, 0) is 30.3 Å². The van der Waals surface area contributed by atoms with Crippen LogP contribution in [0, 0.1) is 5.82 Å². The minimum atomic E-state index is -3.59. The van der Waals surface area contributed by atoms with E-state index in [2.05, 4.69) is 30.9 Å². The Hall–Kier alpha value is -2.48. The summed E-state index contributed by atoms with van der Waals surface area (Å²) in [6.07, 6.45) is 1.58. The molecule has 1 unspecified atom stereocenters. The molecule has 0 spiro atoms. The van der Waals surface area contributed by atoms with Gasteiger partial charge in [-0.3, -0.25) is 4.68 Å². The third-order valence-corrected chi connectivity index (χ3v) is 6.42. The van der Waals surface area contributed by atoms with Gasteiger partial charge >= 0.3 is 0 Å². The van der Waals surface area contributed by atoms with Crippen LogP contribution in [-0.4, -0.2) is 28.9 Å². The second-order valence-corrected chi connectivity index (χ2v) is 10.0. The first kappa shape index (κ1) is 20.3. The highest BCUT2D eigenvalue weighted by Gasteiger charge is 2.25. The van der Waals surface area contributed by atoms with Crippen LogP contribution in [0.15, 0.2) is 45.8 Å². The van der Waals surface area contributed by atoms with Gasteiger partial charge < -0.3 is 4.42 Å². The quantitative estimate of drug-likeness (QED) is 0.598. The molecule has 2 aromatic heterocycles. The fourth-order valence-corrected chi connectivity index (χ4v) is 4.38. The standard InChI is InChI=1S/C20H24FN3O3S/c1-13(12-28(25,26)15-8-6-14(21)7-9-15)19-22-11-17(27-19)16-10-18(20(2,3)4)23-24(16)5/h6-11,13H,12H2,1-5H3. The zero-order chi connectivity index (χ0) is 20.7. The Morgan fingerprint density at radius 2 is 1.86 bits per heavy atom. The van der Waals surface area contributed by atoms with Crippen LogP contribution in [0.3, 0.4) is 0 Å². The third kappa shape index (κ3) is 4.16. The van der Waals surface area contributed by atoms with E-state index in [0.717, 1.165) is 23.5 Å². The van der Waals surface area contributed by atoms with E-state index in [1.165, 1.54) is 12.1 Å². The van der Waals surface area contributed by atoms with Crippen molar-refractivity contribution in [3.05, 3.63) is 53.9 Å². The van der Waals surface area contributed by atoms with Crippen LogP contribution in [0.1, 0.15) is 45.2 Å². The summed E-state index contributed by atoms with van der Waals surface area (Å²) >= 11 is 0. The van der Waals surface area contributed by atoms with Crippen molar-refractivity contribution < 1.29 is 17.2 Å². The fraction of sp³-hybridized carbons (Fsp3) is 0.400. The smallest absolute Gasteiger partial charge is 0.198 e. The van der Waals surface area contributed by atoms with E-state index >= 15 is 0 Å². The van der Waals surface area contributed by atoms with Crippen LogP contribution in [0.25, 0.3) is 11.5 Å². The van der Waals surface area contributed by atoms with Crippen molar-refractivity contribution in [3.8, 4) is 11.5 Å². The number of aryl methyl sites for hydroxylation is 1. The second-order valence-electron chi connectivity index (χ2n) is 7.99. The first-order valence-electron chi connectivity index (χ1n) is 8.96. The zero-order valence-electron chi connectivity index (χ0n) is 16.6. The van der Waals surface area contributed by atoms with Gasteiger partial charge in [-0.15, -0.1) is 0 Å². The molecule has 0 radical (unpaired) electrons. The molecule has 1 aromatic carbocycles. The van der Waals surface area contributed by atoms with Gasteiger partial charge in [-0.25, -0.2) is 17.8 Å². The number of hydrogen-bond donors (Lipinski definition) is 0. The molecule has 0 N–H and O–H groups in total. The monoisotopic (exact) mass is 405 g/mol. The molecule has 6 nitrogen and oxygen atoms in total. The van der Waals surface area contributed by atoms with Gasteiger partial charge in [0.25, 0.3) is 0 Å². The Labute approximate surface area is 164 Å². The highest BCUT2D eigenvalue weighted by atomic mass is 32.2. The molecular weight excluding hydrogens is 381 g/mol. The topological polar surface area (TPSA) is 78.0 Å². The Morgan fingerprint density at radius 1 is 1.21 bits per heavy atom. The van der Waals surface area contributed by atoms with E-state index in [9.17, 15) is 12.8 Å². The van der Waals surface area contributed by atoms with E-state index in [0.29, 0.717) is 11.7 Å². The van der Waals surface area contributed by atoms with Crippen LogP contribution >= 0.6 is 0 Å². The first-order valence-corrected chi connectivity index (χ1v) is 10.6. The molecule has 1 atom stereocenters. The summed E-state index contributed by atoms with van der Waals surface area (Å²) in [5.74, 6) is -0.253. The summed E-state index contributed by atoms with van der Waals surface area (Å²) in [6.45, 7) is 7.97. The van der Waals surface area contributed by atoms with Crippen molar-refractivity contribution in [2.24, 2.45) is 7.05 Å². The summed E-state index contributed by atoms with van der Waals surface area (Å²) in [4.78, 5) is 4.34. The largest absolute Gasteiger partial charge is 0.439 e. The van der Waals surface area contributed by atoms with Gasteiger partial charge in [-0.1, -0.05) is 27.7 Å². The first-order chi connectivity index (χ1) is 13.0. The minimum Gasteiger partial charge on any atom is -0.439 e. The van der Waals surface area contributed by atoms with Crippen molar-refractivity contribution in [2.75, 3.05) is 5.75 Å². The SMILES string of the molecule is CC(CS(=O)(=O)c1ccc(F)cc1)c1ncc(-c2cc(C(C)(C)C)nn2C)o1. The van der Waals surface area contributed by atoms with E-state index in [-0.39, 0.29) is 16.1 Å². The van der Waals surface area contributed by atoms with Gasteiger partial charge in [0.2, 0.25) is 0 Å². The zero-order valence-corrected chi connectivity index (χ0v) is 17.4. The summed E-state index contributed by atoms with van der Waals surface area (Å²) in [5.41, 5.74) is 1.60. The van der Waals surface area contributed by atoms with Crippen molar-refractivity contribution in [1.29, 1.82) is 0 Å². The summed E-state index contributed by atoms with van der Waals surface area (Å²) < 4.78 is 45.7. The number of halogens is 1. The normalized spacial score (nSPS) is 13.6. The maximum absolute atomic E-state index is 13.0. The molecule has 8 heteroatoms. The van der Waals surface area contributed by atoms with Crippen LogP contribution in [0.2, 0.25) is 0 Å². The third-order valence-electron chi connectivity index (χ3n) is 4.49. The molecule has 0 aliphatic carbocycles. The molecule has 0 saturated heterocycles. The number of nitrogens with zero attached hydrogens (tertiary/aromatic N) is 3. The maximum atomic E-state index is 13.0. The summed E-state index contributed by atoms with van der Waals surface area (Å²) in [6, 6.07) is 6.75. The molecule has 0 amide bonds. The van der Waals surface area contributed by atoms with Crippen molar-refractivity contribution in [3.63, 3.8) is 0 Å². The Balaban J connectivity index is 1.82. The summed E-state index contributed by atoms with van der Waals surface area (Å²) in [5, 5.41) is 4.52. The highest BCUT2D eigenvalue weighted by molar-refractivity contribution is 7.91. The average Bonchev–Trinajstić information content (AvgIpc) is 3.21. The lowest BCUT2D eigenvalue weighted by Crippen LogP contribution is -2.13. The second kappa shape index (κ2) is 7.16. The molecule has 0 saturated carbocycles. The lowest BCUT2D eigenvalue weighted by molar-refractivity contribution is 0.475. The van der Waals surface area contributed by atoms with E-state index in [1.807, 2.05) is 13.1 Å². The van der Waals surface area contributed by atoms with Crippen molar-refractivity contribution in [1.82, 2.24) is 14.8 Å². The Bertz CT molecular complexity index is 1080. The minimum absolute atomic E-state index is 0.0778. The molecule has 0 aliphatic heterocycles. The predicted octanol–water partition coefficient (Wildman–Crippen LogP) is 4.09. The van der Waals surface area contributed by atoms with Crippen molar-refractivity contribution in [2.45, 2.75) is 43.9 Å². The van der Waals surface area contributed by atoms with Crippen molar-refractivity contribution >= 4 is 9.84 Å². The average molecular weight is 405 g/mol. The fourth-order valence-electron chi connectivity index (χ4n) is 2.84. The number of aromatic nitrogens is 3. The van der Waals surface area contributed by atoms with Gasteiger partial charge in [0.1, 0.15) is 11.5 Å². The number of hydrogen-bond acceptors (Lipinski definition) is 5. The van der Waals surface area contributed by atoms with Crippen LogP contribution in [-0.2, 0) is 22.3 Å². The lowest BCUT2D eigenvalue weighted by atomic mass is 9.92. The summed E-state index contributed by atoms with van der Waals surface area (Å²) in [7, 11) is -1.76. The van der Waals surface area contributed by atoms with E-state index in [4.69, 9.17) is 4.42 Å². The van der Waals surface area contributed by atoms with Crippen LogP contribution in [0.4, 0.5) is 4.39 Å². The Morgan fingerprint density at radius 3 is 2.43 bits per heavy atom. The number of oxazole rings is 1. The van der Waals surface area contributed by atoms with Gasteiger partial charge in [-0.2, -0.15) is 5.10 Å². The lowest BCUT2D eigenvalue weighted by Gasteiger charge is -2.13. The molecule has 0 aliphatic rings. The number of rotatable bonds is 5. The Kier molecular flexibility index (Phi) is 5.18. The molecule has 2 heterocycles. The molecule has 0 fully saturated rings. The van der Waals surface area contributed by atoms with E-state index < -0.39 is 21.6 Å². The highest BCUT2D eigenvalue weighted by Crippen LogP contribution is 2.29. The number of sulfone groups is 1. The van der Waals surface area contributed by atoms with E-state index in [1.54, 1.807) is 17.8 Å². The molecule has 0 bridgehead atoms. The molecular formula is C20H24FN3O3S. The number of benzene rings is 1. The van der Waals surface area contributed by atoms with Crippen LogP contribution < -0.4 is 0 Å². The molecule has 150 valence electrons. The van der Waals surface area contributed by atoms with Gasteiger partial charge in [0.15, 0.2) is 21.5 Å². The molecule has 3 rings (SSSR count). The van der Waals surface area contributed by atoms with Gasteiger partial charge in [0, 0.05) is 18.4 Å². The predicted molar refractivity (Wildman–Crippen MR) is 104 cm³/mol. The molecule has 3 aromatic rings. The van der Waals surface area contributed by atoms with Crippen LogP contribution in [0.5, 0.6) is 0 Å². The molecule has 28 heavy (non-hydrogen) atoms. The maximum Gasteiger partial charge on any atom is 0.198 e.